The molecule has 0 bridgehead atoms. The molecule has 0 radical (unpaired) electrons. The van der Waals surface area contributed by atoms with Crippen LogP contribution in [0.2, 0.25) is 0 Å². The molecule has 2 aromatic carbocycles. The Morgan fingerprint density at radius 3 is 2.60 bits per heavy atom. The summed E-state index contributed by atoms with van der Waals surface area (Å²) in [4.78, 5) is 42.7. The van der Waals surface area contributed by atoms with E-state index in [4.69, 9.17) is 13.9 Å². The molecule has 0 unspecified atom stereocenters. The monoisotopic (exact) mass is 559 g/mol. The molecule has 4 aromatic rings. The maximum atomic E-state index is 13.8. The van der Waals surface area contributed by atoms with Gasteiger partial charge < -0.3 is 13.9 Å². The third-order valence-corrected chi connectivity index (χ3v) is 7.24. The first-order chi connectivity index (χ1) is 19.2. The van der Waals surface area contributed by atoms with Crippen molar-refractivity contribution in [3.05, 3.63) is 113 Å². The average molecular weight is 560 g/mol. The Morgan fingerprint density at radius 2 is 1.93 bits per heavy atom. The first-order valence-electron chi connectivity index (χ1n) is 12.4. The number of methoxy groups -OCH3 is 1. The number of nitrogens with zero attached hydrogens (tertiary/aromatic N) is 3. The summed E-state index contributed by atoms with van der Waals surface area (Å²) in [5.74, 6) is 0.913. The topological polar surface area (TPSA) is 126 Å². The number of hydrogen-bond donors (Lipinski definition) is 0. The second-order valence-electron chi connectivity index (χ2n) is 9.32. The lowest BCUT2D eigenvalue weighted by atomic mass is 9.96. The molecule has 0 aliphatic carbocycles. The lowest BCUT2D eigenvalue weighted by Gasteiger charge is -2.25. The summed E-state index contributed by atoms with van der Waals surface area (Å²) in [7, 11) is 1.56. The summed E-state index contributed by atoms with van der Waals surface area (Å²) >= 11 is 1.17. The molecule has 0 saturated carbocycles. The Balaban J connectivity index is 1.61. The van der Waals surface area contributed by atoms with Gasteiger partial charge in [-0.1, -0.05) is 35.6 Å². The van der Waals surface area contributed by atoms with Gasteiger partial charge in [0.05, 0.1) is 40.0 Å². The number of ether oxygens (including phenoxy) is 2. The van der Waals surface area contributed by atoms with E-state index >= 15 is 0 Å². The molecule has 0 amide bonds. The molecule has 0 fully saturated rings. The van der Waals surface area contributed by atoms with Gasteiger partial charge in [0.2, 0.25) is 0 Å². The van der Waals surface area contributed by atoms with E-state index in [0.717, 1.165) is 0 Å². The molecule has 5 rings (SSSR count). The zero-order valence-electron chi connectivity index (χ0n) is 22.1. The van der Waals surface area contributed by atoms with Crippen molar-refractivity contribution in [3.8, 4) is 17.1 Å². The number of non-ortho nitro benzene ring substituents is 1. The fourth-order valence-electron chi connectivity index (χ4n) is 4.45. The number of nitro benzene ring substituents is 1. The quantitative estimate of drug-likeness (QED) is 0.187. The number of hydrogen-bond acceptors (Lipinski definition) is 9. The number of thiazole rings is 1. The fraction of sp³-hybridized carbons (Fsp3) is 0.207. The third-order valence-electron chi connectivity index (χ3n) is 6.26. The molecule has 1 aliphatic heterocycles. The Morgan fingerprint density at radius 1 is 1.18 bits per heavy atom. The number of esters is 1. The minimum Gasteiger partial charge on any atom is -0.497 e. The van der Waals surface area contributed by atoms with Crippen molar-refractivity contribution in [2.75, 3.05) is 7.11 Å². The highest BCUT2D eigenvalue weighted by molar-refractivity contribution is 7.07. The highest BCUT2D eigenvalue weighted by Crippen LogP contribution is 2.32. The van der Waals surface area contributed by atoms with Gasteiger partial charge in [0.1, 0.15) is 17.3 Å². The Kier molecular flexibility index (Phi) is 7.22. The number of benzene rings is 2. The number of carbonyl (C=O) groups is 1. The number of fused-ring (bicyclic) bond motifs is 1. The Bertz CT molecular complexity index is 1830. The van der Waals surface area contributed by atoms with E-state index in [2.05, 4.69) is 4.99 Å². The summed E-state index contributed by atoms with van der Waals surface area (Å²) in [6.07, 6.45) is 1.24. The van der Waals surface area contributed by atoms with Crippen LogP contribution in [0.3, 0.4) is 0 Å². The highest BCUT2D eigenvalue weighted by atomic mass is 32.1. The predicted molar refractivity (Wildman–Crippen MR) is 149 cm³/mol. The van der Waals surface area contributed by atoms with E-state index in [1.807, 2.05) is 0 Å². The van der Waals surface area contributed by atoms with Crippen molar-refractivity contribution in [2.45, 2.75) is 32.9 Å². The van der Waals surface area contributed by atoms with E-state index in [1.54, 1.807) is 82.5 Å². The van der Waals surface area contributed by atoms with Crippen LogP contribution in [-0.4, -0.2) is 28.7 Å². The number of nitro groups is 1. The van der Waals surface area contributed by atoms with Crippen molar-refractivity contribution in [3.63, 3.8) is 0 Å². The second-order valence-corrected chi connectivity index (χ2v) is 10.3. The molecule has 40 heavy (non-hydrogen) atoms. The van der Waals surface area contributed by atoms with Gasteiger partial charge in [-0.15, -0.1) is 0 Å². The SMILES string of the molecule is COc1ccc([C@H]2C(C(=O)OC(C)C)=C(C)N=c3s/c(=C/c4ccc(-c5cccc([N+](=O)[O-])c5)o4)c(=O)n32)cc1. The maximum Gasteiger partial charge on any atom is 0.338 e. The molecular formula is C29H25N3O7S. The first-order valence-corrected chi connectivity index (χ1v) is 13.2. The molecule has 0 N–H and O–H groups in total. The molecule has 2 aromatic heterocycles. The van der Waals surface area contributed by atoms with Crippen LogP contribution in [0.4, 0.5) is 5.69 Å². The predicted octanol–water partition coefficient (Wildman–Crippen LogP) is 4.36. The molecule has 1 atom stereocenters. The normalized spacial score (nSPS) is 15.1. The van der Waals surface area contributed by atoms with Gasteiger partial charge in [-0.3, -0.25) is 19.5 Å². The minimum atomic E-state index is -0.757. The third kappa shape index (κ3) is 5.10. The van der Waals surface area contributed by atoms with Crippen molar-refractivity contribution in [2.24, 2.45) is 4.99 Å². The van der Waals surface area contributed by atoms with Crippen LogP contribution < -0.4 is 19.6 Å². The van der Waals surface area contributed by atoms with E-state index < -0.39 is 16.9 Å². The lowest BCUT2D eigenvalue weighted by molar-refractivity contribution is -0.384. The van der Waals surface area contributed by atoms with Gasteiger partial charge in [-0.25, -0.2) is 9.79 Å². The van der Waals surface area contributed by atoms with Gasteiger partial charge in [0.25, 0.3) is 11.2 Å². The molecular weight excluding hydrogens is 534 g/mol. The maximum absolute atomic E-state index is 13.8. The van der Waals surface area contributed by atoms with Crippen molar-refractivity contribution < 1.29 is 23.6 Å². The molecule has 204 valence electrons. The van der Waals surface area contributed by atoms with Crippen molar-refractivity contribution >= 4 is 29.1 Å². The van der Waals surface area contributed by atoms with Crippen molar-refractivity contribution in [1.82, 2.24) is 4.57 Å². The number of furan rings is 1. The number of aromatic nitrogens is 1. The van der Waals surface area contributed by atoms with Gasteiger partial charge in [0.15, 0.2) is 4.80 Å². The molecule has 3 heterocycles. The molecule has 0 saturated heterocycles. The summed E-state index contributed by atoms with van der Waals surface area (Å²) in [6.45, 7) is 5.25. The van der Waals surface area contributed by atoms with Crippen molar-refractivity contribution in [1.29, 1.82) is 0 Å². The minimum absolute atomic E-state index is 0.0514. The van der Waals surface area contributed by atoms with Crippen LogP contribution in [-0.2, 0) is 9.53 Å². The lowest BCUT2D eigenvalue weighted by Crippen LogP contribution is -2.40. The Hall–Kier alpha value is -4.77. The molecule has 0 spiro atoms. The average Bonchev–Trinajstić information content (AvgIpc) is 3.52. The smallest absolute Gasteiger partial charge is 0.338 e. The van der Waals surface area contributed by atoms with E-state index in [9.17, 15) is 19.7 Å². The van der Waals surface area contributed by atoms with Gasteiger partial charge >= 0.3 is 5.97 Å². The standard InChI is InChI=1S/C29H25N3O7S/c1-16(2)38-28(34)25-17(3)30-29-31(26(25)18-8-10-21(37-4)11-9-18)27(33)24(40-29)15-22-12-13-23(39-22)19-6-5-7-20(14-19)32(35)36/h5-16,26H,1-4H3/b24-15+/t26-/m0/s1. The van der Waals surface area contributed by atoms with Gasteiger partial charge in [0, 0.05) is 23.8 Å². The summed E-state index contributed by atoms with van der Waals surface area (Å²) < 4.78 is 18.6. The summed E-state index contributed by atoms with van der Waals surface area (Å²) in [5.41, 5.74) is 1.59. The van der Waals surface area contributed by atoms with E-state index in [0.29, 0.717) is 43.4 Å². The van der Waals surface area contributed by atoms with Crippen LogP contribution in [0.15, 0.2) is 86.1 Å². The second kappa shape index (κ2) is 10.8. The molecule has 10 nitrogen and oxygen atoms in total. The molecule has 11 heteroatoms. The zero-order valence-corrected chi connectivity index (χ0v) is 22.9. The van der Waals surface area contributed by atoms with Crippen LogP contribution in [0, 0.1) is 10.1 Å². The van der Waals surface area contributed by atoms with Gasteiger partial charge in [-0.2, -0.15) is 0 Å². The van der Waals surface area contributed by atoms with E-state index in [1.165, 1.54) is 28.0 Å². The van der Waals surface area contributed by atoms with Crippen LogP contribution in [0.1, 0.15) is 38.1 Å². The van der Waals surface area contributed by atoms with Crippen LogP contribution in [0.5, 0.6) is 5.75 Å². The largest absolute Gasteiger partial charge is 0.497 e. The van der Waals surface area contributed by atoms with Crippen LogP contribution in [0.25, 0.3) is 17.4 Å². The summed E-state index contributed by atoms with van der Waals surface area (Å²) in [6, 6.07) is 15.9. The fourth-order valence-corrected chi connectivity index (χ4v) is 5.48. The van der Waals surface area contributed by atoms with E-state index in [-0.39, 0.29) is 22.9 Å². The number of allylic oxidation sites excluding steroid dienone is 1. The highest BCUT2D eigenvalue weighted by Gasteiger charge is 2.33. The first kappa shape index (κ1) is 26.8. The zero-order chi connectivity index (χ0) is 28.6. The number of rotatable bonds is 7. The van der Waals surface area contributed by atoms with Crippen LogP contribution >= 0.6 is 11.3 Å². The van der Waals surface area contributed by atoms with Gasteiger partial charge in [-0.05, 0) is 50.6 Å². The molecule has 1 aliphatic rings. The number of carbonyl (C=O) groups excluding carboxylic acids is 1. The summed E-state index contributed by atoms with van der Waals surface area (Å²) in [5, 5.41) is 11.2. The Labute approximate surface area is 232 Å².